The first-order chi connectivity index (χ1) is 17.6. The highest BCUT2D eigenvalue weighted by Gasteiger charge is 2.46. The number of anilines is 1. The summed E-state index contributed by atoms with van der Waals surface area (Å²) in [5.41, 5.74) is 5.52. The first-order valence-corrected chi connectivity index (χ1v) is 12.8. The van der Waals surface area contributed by atoms with Crippen LogP contribution in [0, 0.1) is 24.7 Å². The number of aromatic nitrogens is 1. The second-order valence-electron chi connectivity index (χ2n) is 10.8. The van der Waals surface area contributed by atoms with E-state index in [4.69, 9.17) is 11.6 Å². The summed E-state index contributed by atoms with van der Waals surface area (Å²) in [5, 5.41) is 21.8. The molecule has 1 aromatic heterocycles. The quantitative estimate of drug-likeness (QED) is 0.356. The van der Waals surface area contributed by atoms with Crippen molar-refractivity contribution in [3.05, 3.63) is 111 Å². The van der Waals surface area contributed by atoms with E-state index in [2.05, 4.69) is 18.8 Å². The number of Topliss-reactive ketones (excluding diaryl/α,β-unsaturated/α-hetero) is 1. The van der Waals surface area contributed by atoms with Crippen molar-refractivity contribution in [3.8, 4) is 0 Å². The molecule has 188 valence electrons. The maximum Gasteiger partial charge on any atom is 0.162 e. The van der Waals surface area contributed by atoms with Gasteiger partial charge < -0.3 is 5.11 Å². The van der Waals surface area contributed by atoms with Crippen molar-refractivity contribution in [1.82, 2.24) is 4.98 Å². The minimum atomic E-state index is -0.613. The van der Waals surface area contributed by atoms with Gasteiger partial charge in [-0.05, 0) is 55.0 Å². The maximum absolute atomic E-state index is 13.9. The third kappa shape index (κ3) is 4.49. The summed E-state index contributed by atoms with van der Waals surface area (Å²) in [6.45, 7) is 8.07. The van der Waals surface area contributed by atoms with Gasteiger partial charge in [0, 0.05) is 57.8 Å². The SMILES string of the molecule is Cc1ccc(/C(O)=C2\C(=N)N(c3ccc(C)c(Cl)c3)C3=C(C(=O)CC(C)(C)C3)C2c2cccnc2)cc1. The number of halogens is 1. The summed E-state index contributed by atoms with van der Waals surface area (Å²) in [6, 6.07) is 16.9. The van der Waals surface area contributed by atoms with E-state index in [1.165, 1.54) is 0 Å². The lowest BCUT2D eigenvalue weighted by atomic mass is 9.67. The lowest BCUT2D eigenvalue weighted by Crippen LogP contribution is -2.45. The van der Waals surface area contributed by atoms with Crippen molar-refractivity contribution in [2.45, 2.75) is 46.5 Å². The zero-order chi connectivity index (χ0) is 26.5. The number of ketones is 1. The van der Waals surface area contributed by atoms with Gasteiger partial charge in [-0.3, -0.25) is 20.1 Å². The average molecular weight is 512 g/mol. The number of carbonyl (C=O) groups is 1. The molecular weight excluding hydrogens is 482 g/mol. The Hall–Kier alpha value is -3.70. The number of carbonyl (C=O) groups excluding carboxylic acids is 1. The third-order valence-corrected chi connectivity index (χ3v) is 7.64. The highest BCUT2D eigenvalue weighted by atomic mass is 35.5. The molecule has 5 rings (SSSR count). The Bertz CT molecular complexity index is 1470. The molecule has 2 aliphatic rings. The molecule has 1 aliphatic heterocycles. The zero-order valence-corrected chi connectivity index (χ0v) is 22.2. The van der Waals surface area contributed by atoms with E-state index in [1.807, 2.05) is 68.4 Å². The molecule has 0 bridgehead atoms. The fourth-order valence-corrected chi connectivity index (χ4v) is 5.54. The second-order valence-corrected chi connectivity index (χ2v) is 11.2. The Morgan fingerprint density at radius 1 is 1.11 bits per heavy atom. The van der Waals surface area contributed by atoms with Crippen molar-refractivity contribution in [1.29, 1.82) is 5.41 Å². The van der Waals surface area contributed by atoms with Crippen molar-refractivity contribution in [2.75, 3.05) is 4.90 Å². The van der Waals surface area contributed by atoms with E-state index in [0.717, 1.165) is 22.4 Å². The lowest BCUT2D eigenvalue weighted by Gasteiger charge is -2.45. The van der Waals surface area contributed by atoms with Crippen LogP contribution in [-0.4, -0.2) is 21.7 Å². The molecule has 0 saturated carbocycles. The summed E-state index contributed by atoms with van der Waals surface area (Å²) in [7, 11) is 0. The Balaban J connectivity index is 1.85. The number of hydrogen-bond acceptors (Lipinski definition) is 4. The molecule has 0 saturated heterocycles. The fraction of sp³-hybridized carbons (Fsp3) is 0.258. The second kappa shape index (κ2) is 9.31. The number of aliphatic hydroxyl groups excluding tert-OH is 1. The molecule has 1 atom stereocenters. The molecule has 1 aliphatic carbocycles. The number of benzene rings is 2. The van der Waals surface area contributed by atoms with Crippen molar-refractivity contribution in [3.63, 3.8) is 0 Å². The average Bonchev–Trinajstić information content (AvgIpc) is 2.85. The van der Waals surface area contributed by atoms with E-state index < -0.39 is 5.92 Å². The summed E-state index contributed by atoms with van der Waals surface area (Å²) in [5.74, 6) is -0.495. The van der Waals surface area contributed by atoms with Crippen LogP contribution in [-0.2, 0) is 4.79 Å². The Kier molecular flexibility index (Phi) is 6.28. The molecule has 0 fully saturated rings. The van der Waals surface area contributed by atoms with Crippen molar-refractivity contribution in [2.24, 2.45) is 5.41 Å². The van der Waals surface area contributed by atoms with Gasteiger partial charge in [0.15, 0.2) is 5.78 Å². The summed E-state index contributed by atoms with van der Waals surface area (Å²) < 4.78 is 0. The molecule has 5 nitrogen and oxygen atoms in total. The largest absolute Gasteiger partial charge is 0.507 e. The first kappa shape index (κ1) is 25.0. The first-order valence-electron chi connectivity index (χ1n) is 12.4. The highest BCUT2D eigenvalue weighted by molar-refractivity contribution is 6.32. The molecule has 2 aromatic carbocycles. The van der Waals surface area contributed by atoms with E-state index in [0.29, 0.717) is 40.3 Å². The van der Waals surface area contributed by atoms with E-state index in [-0.39, 0.29) is 22.8 Å². The monoisotopic (exact) mass is 511 g/mol. The number of aryl methyl sites for hydroxylation is 2. The Morgan fingerprint density at radius 2 is 1.84 bits per heavy atom. The number of hydrogen-bond donors (Lipinski definition) is 2. The van der Waals surface area contributed by atoms with Gasteiger partial charge in [-0.25, -0.2) is 0 Å². The predicted molar refractivity (Wildman–Crippen MR) is 149 cm³/mol. The molecule has 0 spiro atoms. The normalized spacial score (nSPS) is 20.7. The van der Waals surface area contributed by atoms with E-state index in [9.17, 15) is 15.3 Å². The zero-order valence-electron chi connectivity index (χ0n) is 21.5. The molecule has 1 unspecified atom stereocenters. The fourth-order valence-electron chi connectivity index (χ4n) is 5.37. The number of amidine groups is 1. The predicted octanol–water partition coefficient (Wildman–Crippen LogP) is 7.55. The van der Waals surface area contributed by atoms with Crippen LogP contribution in [0.1, 0.15) is 54.9 Å². The smallest absolute Gasteiger partial charge is 0.162 e. The number of rotatable bonds is 3. The minimum absolute atomic E-state index is 0.0185. The van der Waals surface area contributed by atoms with Gasteiger partial charge in [-0.2, -0.15) is 0 Å². The number of nitrogens with one attached hydrogen (secondary N) is 1. The molecule has 37 heavy (non-hydrogen) atoms. The van der Waals surface area contributed by atoms with Crippen LogP contribution < -0.4 is 4.90 Å². The standard InChI is InChI=1S/C31H30ClN3O2/c1-18-7-10-20(11-8-18)29(37)28-26(21-6-5-13-34-17-21)27-24(15-31(3,4)16-25(27)36)35(30(28)33)22-12-9-19(2)23(32)14-22/h5-14,17,26,33,37H,15-16H2,1-4H3/b29-28+,33-30?. The summed E-state index contributed by atoms with van der Waals surface area (Å²) in [4.78, 5) is 20.0. The van der Waals surface area contributed by atoms with Gasteiger partial charge >= 0.3 is 0 Å². The summed E-state index contributed by atoms with van der Waals surface area (Å²) >= 11 is 6.53. The van der Waals surface area contributed by atoms with Gasteiger partial charge in [0.05, 0.1) is 0 Å². The van der Waals surface area contributed by atoms with Crippen LogP contribution in [0.15, 0.2) is 83.8 Å². The third-order valence-electron chi connectivity index (χ3n) is 7.23. The van der Waals surface area contributed by atoms with Crippen molar-refractivity contribution >= 4 is 34.7 Å². The molecule has 3 aromatic rings. The van der Waals surface area contributed by atoms with Crippen LogP contribution in [0.4, 0.5) is 5.69 Å². The summed E-state index contributed by atoms with van der Waals surface area (Å²) in [6.07, 6.45) is 4.40. The molecule has 6 heteroatoms. The van der Waals surface area contributed by atoms with Gasteiger partial charge in [0.25, 0.3) is 0 Å². The lowest BCUT2D eigenvalue weighted by molar-refractivity contribution is -0.118. The van der Waals surface area contributed by atoms with Crippen molar-refractivity contribution < 1.29 is 9.90 Å². The number of nitrogens with zero attached hydrogens (tertiary/aromatic N) is 2. The maximum atomic E-state index is 13.9. The number of allylic oxidation sites excluding steroid dienone is 2. The van der Waals surface area contributed by atoms with Crippen LogP contribution in [0.3, 0.4) is 0 Å². The van der Waals surface area contributed by atoms with Gasteiger partial charge in [0.1, 0.15) is 11.6 Å². The van der Waals surface area contributed by atoms with Crippen LogP contribution >= 0.6 is 11.6 Å². The van der Waals surface area contributed by atoms with Gasteiger partial charge in [-0.15, -0.1) is 0 Å². The van der Waals surface area contributed by atoms with Gasteiger partial charge in [-0.1, -0.05) is 67.4 Å². The molecule has 2 N–H and O–H groups in total. The Labute approximate surface area is 222 Å². The molecule has 2 heterocycles. The van der Waals surface area contributed by atoms with E-state index >= 15 is 0 Å². The number of pyridine rings is 1. The van der Waals surface area contributed by atoms with Gasteiger partial charge in [0.2, 0.25) is 0 Å². The molecular formula is C31H30ClN3O2. The molecule has 0 amide bonds. The van der Waals surface area contributed by atoms with E-state index in [1.54, 1.807) is 17.3 Å². The van der Waals surface area contributed by atoms with Crippen LogP contribution in [0.5, 0.6) is 0 Å². The Morgan fingerprint density at radius 3 is 2.49 bits per heavy atom. The van der Waals surface area contributed by atoms with Crippen LogP contribution in [0.25, 0.3) is 5.76 Å². The minimum Gasteiger partial charge on any atom is -0.507 e. The number of aliphatic hydroxyl groups is 1. The van der Waals surface area contributed by atoms with Crippen LogP contribution in [0.2, 0.25) is 5.02 Å². The topological polar surface area (TPSA) is 77.3 Å². The molecule has 0 radical (unpaired) electrons. The highest BCUT2D eigenvalue weighted by Crippen LogP contribution is 2.51.